The van der Waals surface area contributed by atoms with Crippen LogP contribution in [0.5, 0.6) is 0 Å². The molecule has 3 N–H and O–H groups in total. The van der Waals surface area contributed by atoms with Crippen LogP contribution in [0, 0.1) is 0 Å². The van der Waals surface area contributed by atoms with Gasteiger partial charge in [0.15, 0.2) is 0 Å². The average molecular weight is 211 g/mol. The second-order valence-corrected chi connectivity index (χ2v) is 4.22. The van der Waals surface area contributed by atoms with Crippen LogP contribution in [-0.2, 0) is 9.59 Å². The van der Waals surface area contributed by atoms with Crippen LogP contribution in [-0.4, -0.2) is 37.0 Å². The van der Waals surface area contributed by atoms with Gasteiger partial charge in [0, 0.05) is 13.0 Å². The van der Waals surface area contributed by atoms with Crippen molar-refractivity contribution in [1.29, 1.82) is 0 Å². The molecule has 0 radical (unpaired) electrons. The zero-order chi connectivity index (χ0) is 10.7. The molecule has 84 valence electrons. The van der Waals surface area contributed by atoms with Crippen LogP contribution in [0.4, 0.5) is 0 Å². The lowest BCUT2D eigenvalue weighted by Crippen LogP contribution is -2.50. The Morgan fingerprint density at radius 3 is 2.87 bits per heavy atom. The van der Waals surface area contributed by atoms with Gasteiger partial charge in [-0.3, -0.25) is 9.59 Å². The van der Waals surface area contributed by atoms with Gasteiger partial charge < -0.3 is 16.0 Å². The van der Waals surface area contributed by atoms with Gasteiger partial charge in [-0.05, 0) is 19.4 Å². The lowest BCUT2D eigenvalue weighted by molar-refractivity contribution is -0.124. The SMILES string of the molecule is O=C1CC(NC(=O)C2CCCCN2)CN1. The summed E-state index contributed by atoms with van der Waals surface area (Å²) < 4.78 is 0. The minimum atomic E-state index is -0.0607. The fourth-order valence-electron chi connectivity index (χ4n) is 2.08. The Hall–Kier alpha value is -1.10. The Morgan fingerprint density at radius 2 is 2.27 bits per heavy atom. The van der Waals surface area contributed by atoms with E-state index in [0.29, 0.717) is 13.0 Å². The van der Waals surface area contributed by atoms with Gasteiger partial charge in [-0.1, -0.05) is 6.42 Å². The van der Waals surface area contributed by atoms with Crippen molar-refractivity contribution in [2.75, 3.05) is 13.1 Å². The van der Waals surface area contributed by atoms with Crippen LogP contribution in [0.2, 0.25) is 0 Å². The quantitative estimate of drug-likeness (QED) is 0.556. The molecule has 2 fully saturated rings. The van der Waals surface area contributed by atoms with Gasteiger partial charge >= 0.3 is 0 Å². The van der Waals surface area contributed by atoms with E-state index in [-0.39, 0.29) is 23.9 Å². The Morgan fingerprint density at radius 1 is 1.40 bits per heavy atom. The summed E-state index contributed by atoms with van der Waals surface area (Å²) in [6.07, 6.45) is 3.57. The summed E-state index contributed by atoms with van der Waals surface area (Å²) in [5.74, 6) is 0.0631. The molecular formula is C10H17N3O2. The number of hydrogen-bond acceptors (Lipinski definition) is 3. The molecule has 0 saturated carbocycles. The molecule has 2 amide bonds. The molecule has 2 atom stereocenters. The van der Waals surface area contributed by atoms with E-state index in [0.717, 1.165) is 25.8 Å². The normalized spacial score (nSPS) is 31.1. The summed E-state index contributed by atoms with van der Waals surface area (Å²) in [7, 11) is 0. The van der Waals surface area contributed by atoms with E-state index in [1.807, 2.05) is 0 Å². The molecule has 0 aliphatic carbocycles. The molecule has 5 heteroatoms. The molecule has 15 heavy (non-hydrogen) atoms. The zero-order valence-electron chi connectivity index (χ0n) is 8.71. The van der Waals surface area contributed by atoms with Gasteiger partial charge in [-0.2, -0.15) is 0 Å². The number of carbonyl (C=O) groups excluding carboxylic acids is 2. The first-order valence-corrected chi connectivity index (χ1v) is 5.56. The highest BCUT2D eigenvalue weighted by Crippen LogP contribution is 2.08. The maximum atomic E-state index is 11.7. The summed E-state index contributed by atoms with van der Waals surface area (Å²) >= 11 is 0. The topological polar surface area (TPSA) is 70.2 Å². The van der Waals surface area contributed by atoms with Crippen molar-refractivity contribution in [1.82, 2.24) is 16.0 Å². The average Bonchev–Trinajstić information content (AvgIpc) is 2.65. The molecule has 2 aliphatic rings. The third-order valence-electron chi connectivity index (χ3n) is 2.95. The van der Waals surface area contributed by atoms with Crippen LogP contribution < -0.4 is 16.0 Å². The standard InChI is InChI=1S/C10H17N3O2/c14-9-5-7(6-12-9)13-10(15)8-3-1-2-4-11-8/h7-8,11H,1-6H2,(H,12,14)(H,13,15). The smallest absolute Gasteiger partial charge is 0.237 e. The van der Waals surface area contributed by atoms with Crippen molar-refractivity contribution < 1.29 is 9.59 Å². The molecule has 0 aromatic carbocycles. The molecule has 2 aliphatic heterocycles. The van der Waals surface area contributed by atoms with Crippen LogP contribution >= 0.6 is 0 Å². The van der Waals surface area contributed by atoms with E-state index in [4.69, 9.17) is 0 Å². The van der Waals surface area contributed by atoms with Crippen molar-refractivity contribution in [3.8, 4) is 0 Å². The monoisotopic (exact) mass is 211 g/mol. The molecule has 5 nitrogen and oxygen atoms in total. The summed E-state index contributed by atoms with van der Waals surface area (Å²) in [4.78, 5) is 22.7. The summed E-state index contributed by atoms with van der Waals surface area (Å²) in [5, 5.41) is 8.78. The van der Waals surface area contributed by atoms with Crippen molar-refractivity contribution in [3.63, 3.8) is 0 Å². The lowest BCUT2D eigenvalue weighted by Gasteiger charge is -2.23. The molecule has 2 heterocycles. The van der Waals surface area contributed by atoms with Gasteiger partial charge in [-0.25, -0.2) is 0 Å². The van der Waals surface area contributed by atoms with Gasteiger partial charge in [0.1, 0.15) is 0 Å². The Labute approximate surface area is 89.0 Å². The Balaban J connectivity index is 1.78. The predicted molar refractivity (Wildman–Crippen MR) is 55.2 cm³/mol. The van der Waals surface area contributed by atoms with Crippen LogP contribution in [0.1, 0.15) is 25.7 Å². The molecule has 0 bridgehead atoms. The Bertz CT molecular complexity index is 261. The van der Waals surface area contributed by atoms with Gasteiger partial charge in [0.25, 0.3) is 0 Å². The molecule has 2 rings (SSSR count). The van der Waals surface area contributed by atoms with Crippen molar-refractivity contribution in [2.45, 2.75) is 37.8 Å². The van der Waals surface area contributed by atoms with E-state index in [1.165, 1.54) is 0 Å². The third-order valence-corrected chi connectivity index (χ3v) is 2.95. The number of amides is 2. The summed E-state index contributed by atoms with van der Waals surface area (Å²) in [5.41, 5.74) is 0. The molecular weight excluding hydrogens is 194 g/mol. The first kappa shape index (κ1) is 10.4. The summed E-state index contributed by atoms with van der Waals surface area (Å²) in [6, 6.07) is -0.0804. The molecule has 0 aromatic rings. The van der Waals surface area contributed by atoms with Crippen molar-refractivity contribution in [3.05, 3.63) is 0 Å². The second-order valence-electron chi connectivity index (χ2n) is 4.22. The van der Waals surface area contributed by atoms with Gasteiger partial charge in [-0.15, -0.1) is 0 Å². The highest BCUT2D eigenvalue weighted by Gasteiger charge is 2.26. The summed E-state index contributed by atoms with van der Waals surface area (Å²) in [6.45, 7) is 1.48. The second kappa shape index (κ2) is 4.61. The predicted octanol–water partition coefficient (Wildman–Crippen LogP) is -0.867. The molecule has 0 aromatic heterocycles. The first-order chi connectivity index (χ1) is 7.25. The fourth-order valence-corrected chi connectivity index (χ4v) is 2.08. The van der Waals surface area contributed by atoms with Gasteiger partial charge in [0.05, 0.1) is 12.1 Å². The van der Waals surface area contributed by atoms with Crippen molar-refractivity contribution >= 4 is 11.8 Å². The van der Waals surface area contributed by atoms with E-state index >= 15 is 0 Å². The van der Waals surface area contributed by atoms with Crippen LogP contribution in [0.3, 0.4) is 0 Å². The number of hydrogen-bond donors (Lipinski definition) is 3. The minimum Gasteiger partial charge on any atom is -0.354 e. The van der Waals surface area contributed by atoms with E-state index < -0.39 is 0 Å². The minimum absolute atomic E-state index is 0.0197. The molecule has 0 spiro atoms. The van der Waals surface area contributed by atoms with E-state index in [2.05, 4.69) is 16.0 Å². The Kier molecular flexibility index (Phi) is 3.20. The first-order valence-electron chi connectivity index (χ1n) is 5.56. The number of piperidine rings is 1. The maximum Gasteiger partial charge on any atom is 0.237 e. The van der Waals surface area contributed by atoms with Crippen LogP contribution in [0.15, 0.2) is 0 Å². The van der Waals surface area contributed by atoms with Crippen LogP contribution in [0.25, 0.3) is 0 Å². The highest BCUT2D eigenvalue weighted by atomic mass is 16.2. The zero-order valence-corrected chi connectivity index (χ0v) is 8.71. The third kappa shape index (κ3) is 2.68. The van der Waals surface area contributed by atoms with E-state index in [9.17, 15) is 9.59 Å². The van der Waals surface area contributed by atoms with Crippen molar-refractivity contribution in [2.24, 2.45) is 0 Å². The van der Waals surface area contributed by atoms with E-state index in [1.54, 1.807) is 0 Å². The fraction of sp³-hybridized carbons (Fsp3) is 0.800. The highest BCUT2D eigenvalue weighted by molar-refractivity contribution is 5.84. The number of rotatable bonds is 2. The maximum absolute atomic E-state index is 11.7. The lowest BCUT2D eigenvalue weighted by atomic mass is 10.0. The molecule has 2 saturated heterocycles. The number of carbonyl (C=O) groups is 2. The largest absolute Gasteiger partial charge is 0.354 e. The van der Waals surface area contributed by atoms with Gasteiger partial charge in [0.2, 0.25) is 11.8 Å². The molecule has 2 unspecified atom stereocenters. The number of nitrogens with one attached hydrogen (secondary N) is 3.